The number of benzene rings is 3. The Morgan fingerprint density at radius 2 is 1.32 bits per heavy atom. The topological polar surface area (TPSA) is 87.1 Å². The highest BCUT2D eigenvalue weighted by molar-refractivity contribution is 6.27. The van der Waals surface area contributed by atoms with E-state index in [0.717, 1.165) is 50.0 Å². The van der Waals surface area contributed by atoms with Crippen LogP contribution in [0.3, 0.4) is 0 Å². The third-order valence-electron chi connectivity index (χ3n) is 6.46. The van der Waals surface area contributed by atoms with Crippen molar-refractivity contribution >= 4 is 11.9 Å². The number of para-hydroxylation sites is 1. The minimum atomic E-state index is -1.82. The van der Waals surface area contributed by atoms with Gasteiger partial charge in [-0.05, 0) is 85.8 Å². The Labute approximate surface area is 219 Å². The third kappa shape index (κ3) is 8.62. The number of piperidine rings is 1. The Morgan fingerprint density at radius 3 is 1.79 bits per heavy atom. The molecule has 9 heteroatoms. The molecule has 1 aliphatic heterocycles. The van der Waals surface area contributed by atoms with Crippen molar-refractivity contribution in [3.8, 4) is 5.75 Å². The predicted molar refractivity (Wildman–Crippen MR) is 136 cm³/mol. The molecule has 0 aromatic heterocycles. The highest BCUT2D eigenvalue weighted by atomic mass is 19.1. The van der Waals surface area contributed by atoms with E-state index in [2.05, 4.69) is 4.90 Å². The quantitative estimate of drug-likeness (QED) is 0.293. The molecule has 3 aromatic carbocycles. The van der Waals surface area contributed by atoms with Crippen molar-refractivity contribution in [1.29, 1.82) is 0 Å². The normalized spacial score (nSPS) is 14.0. The Balaban J connectivity index is 0.000000599. The molecule has 0 radical (unpaired) electrons. The largest absolute Gasteiger partial charge is 0.490 e. The van der Waals surface area contributed by atoms with Gasteiger partial charge < -0.3 is 19.8 Å². The first-order chi connectivity index (χ1) is 18.2. The molecular weight excluding hydrogens is 499 g/mol. The molecule has 3 aromatic rings. The number of carboxylic acid groups (broad SMARTS) is 2. The lowest BCUT2D eigenvalue weighted by molar-refractivity contribution is -0.159. The number of aliphatic carboxylic acids is 2. The molecule has 38 heavy (non-hydrogen) atoms. The molecule has 0 saturated carbocycles. The number of ether oxygens (including phenoxy) is 1. The van der Waals surface area contributed by atoms with E-state index in [0.29, 0.717) is 18.3 Å². The summed E-state index contributed by atoms with van der Waals surface area (Å²) in [6.07, 6.45) is 2.85. The van der Waals surface area contributed by atoms with Gasteiger partial charge >= 0.3 is 11.9 Å². The molecule has 2 N–H and O–H groups in total. The minimum Gasteiger partial charge on any atom is -0.490 e. The lowest BCUT2D eigenvalue weighted by Gasteiger charge is -2.36. The first-order valence-electron chi connectivity index (χ1n) is 12.3. The molecule has 6 nitrogen and oxygen atoms in total. The number of likely N-dealkylation sites (tertiary alicyclic amines) is 1. The van der Waals surface area contributed by atoms with Gasteiger partial charge in [-0.3, -0.25) is 0 Å². The summed E-state index contributed by atoms with van der Waals surface area (Å²) in [6, 6.07) is 19.8. The molecule has 202 valence electrons. The van der Waals surface area contributed by atoms with Crippen LogP contribution >= 0.6 is 0 Å². The minimum absolute atomic E-state index is 0.114. The van der Waals surface area contributed by atoms with Crippen LogP contribution in [0.1, 0.15) is 36.3 Å². The van der Waals surface area contributed by atoms with Crippen LogP contribution in [0.5, 0.6) is 5.75 Å². The molecule has 0 spiro atoms. The van der Waals surface area contributed by atoms with Crippen LogP contribution in [-0.4, -0.2) is 53.3 Å². The first kappa shape index (κ1) is 28.7. The van der Waals surface area contributed by atoms with Crippen LogP contribution in [0.4, 0.5) is 13.2 Å². The molecule has 0 unspecified atom stereocenters. The van der Waals surface area contributed by atoms with Crippen LogP contribution in [0.2, 0.25) is 0 Å². The monoisotopic (exact) mass is 529 g/mol. The van der Waals surface area contributed by atoms with E-state index in [1.807, 2.05) is 24.3 Å². The van der Waals surface area contributed by atoms with Crippen molar-refractivity contribution in [1.82, 2.24) is 4.90 Å². The van der Waals surface area contributed by atoms with Crippen molar-refractivity contribution in [3.05, 3.63) is 101 Å². The third-order valence-corrected chi connectivity index (χ3v) is 6.46. The predicted octanol–water partition coefficient (Wildman–Crippen LogP) is 5.57. The van der Waals surface area contributed by atoms with Gasteiger partial charge in [0.15, 0.2) is 11.6 Å². The zero-order valence-corrected chi connectivity index (χ0v) is 20.7. The number of hydrogen-bond acceptors (Lipinski definition) is 4. The summed E-state index contributed by atoms with van der Waals surface area (Å²) >= 11 is 0. The molecule has 0 bridgehead atoms. The Bertz CT molecular complexity index is 1120. The number of hydrogen-bond donors (Lipinski definition) is 2. The fraction of sp³-hybridized carbons (Fsp3) is 0.310. The summed E-state index contributed by atoms with van der Waals surface area (Å²) < 4.78 is 46.2. The van der Waals surface area contributed by atoms with Gasteiger partial charge in [-0.2, -0.15) is 0 Å². The zero-order valence-electron chi connectivity index (χ0n) is 20.7. The van der Waals surface area contributed by atoms with E-state index in [9.17, 15) is 13.2 Å². The van der Waals surface area contributed by atoms with Crippen molar-refractivity contribution in [2.24, 2.45) is 5.92 Å². The van der Waals surface area contributed by atoms with Crippen molar-refractivity contribution in [2.75, 3.05) is 26.2 Å². The second-order valence-corrected chi connectivity index (χ2v) is 9.00. The SMILES string of the molecule is Fc1ccc(C(c2ccc(F)cc2)C2CCN(CCCOc3ccccc3F)CC2)cc1.O=C(O)C(=O)O. The highest BCUT2D eigenvalue weighted by Gasteiger charge is 2.29. The van der Waals surface area contributed by atoms with Crippen molar-refractivity contribution in [2.45, 2.75) is 25.2 Å². The van der Waals surface area contributed by atoms with E-state index >= 15 is 0 Å². The second kappa shape index (κ2) is 14.2. The summed E-state index contributed by atoms with van der Waals surface area (Å²) in [5, 5.41) is 14.8. The van der Waals surface area contributed by atoms with Crippen molar-refractivity contribution in [3.63, 3.8) is 0 Å². The second-order valence-electron chi connectivity index (χ2n) is 9.00. The molecule has 0 atom stereocenters. The molecular formula is C29H30F3NO5. The van der Waals surface area contributed by atoms with E-state index in [1.165, 1.54) is 30.3 Å². The summed E-state index contributed by atoms with van der Waals surface area (Å²) in [7, 11) is 0. The summed E-state index contributed by atoms with van der Waals surface area (Å²) in [5.41, 5.74) is 2.13. The van der Waals surface area contributed by atoms with Gasteiger partial charge in [0.1, 0.15) is 11.6 Å². The highest BCUT2D eigenvalue weighted by Crippen LogP contribution is 2.38. The number of halogens is 3. The standard InChI is InChI=1S/C27H28F3NO.C2H2O4/c28-23-10-6-20(7-11-23)27(21-8-12-24(29)13-9-21)22-14-17-31(18-15-22)16-3-19-32-26-5-2-1-4-25(26)30;3-1(4)2(5)6/h1-2,4-13,22,27H,3,14-19H2;(H,3,4)(H,5,6). The molecule has 4 rings (SSSR count). The Morgan fingerprint density at radius 1 is 0.816 bits per heavy atom. The molecule has 0 aliphatic carbocycles. The summed E-state index contributed by atoms with van der Waals surface area (Å²) in [6.45, 7) is 3.31. The molecule has 1 heterocycles. The lowest BCUT2D eigenvalue weighted by atomic mass is 9.76. The van der Waals surface area contributed by atoms with Gasteiger partial charge in [0.25, 0.3) is 0 Å². The Hall–Kier alpha value is -3.85. The number of rotatable bonds is 8. The van der Waals surface area contributed by atoms with Crippen LogP contribution in [0.15, 0.2) is 72.8 Å². The maximum atomic E-state index is 13.6. The molecule has 1 fully saturated rings. The van der Waals surface area contributed by atoms with Crippen LogP contribution in [0.25, 0.3) is 0 Å². The smallest absolute Gasteiger partial charge is 0.414 e. The lowest BCUT2D eigenvalue weighted by Crippen LogP contribution is -2.36. The maximum Gasteiger partial charge on any atom is 0.414 e. The summed E-state index contributed by atoms with van der Waals surface area (Å²) in [5.74, 6) is -3.67. The van der Waals surface area contributed by atoms with Crippen molar-refractivity contribution < 1.29 is 37.7 Å². The fourth-order valence-electron chi connectivity index (χ4n) is 4.62. The number of carboxylic acids is 2. The van der Waals surface area contributed by atoms with Gasteiger partial charge in [-0.15, -0.1) is 0 Å². The summed E-state index contributed by atoms with van der Waals surface area (Å²) in [4.78, 5) is 20.6. The van der Waals surface area contributed by atoms with Gasteiger partial charge in [0.2, 0.25) is 0 Å². The maximum absolute atomic E-state index is 13.6. The molecule has 1 aliphatic rings. The van der Waals surface area contributed by atoms with Gasteiger partial charge in [-0.25, -0.2) is 22.8 Å². The molecule has 0 amide bonds. The average molecular weight is 530 g/mol. The zero-order chi connectivity index (χ0) is 27.5. The number of nitrogens with zero attached hydrogens (tertiary/aromatic N) is 1. The fourth-order valence-corrected chi connectivity index (χ4v) is 4.62. The first-order valence-corrected chi connectivity index (χ1v) is 12.3. The van der Waals surface area contributed by atoms with Crippen LogP contribution < -0.4 is 4.74 Å². The van der Waals surface area contributed by atoms with E-state index in [-0.39, 0.29) is 23.4 Å². The van der Waals surface area contributed by atoms with E-state index < -0.39 is 11.9 Å². The van der Waals surface area contributed by atoms with Gasteiger partial charge in [0, 0.05) is 12.5 Å². The van der Waals surface area contributed by atoms with Gasteiger partial charge in [-0.1, -0.05) is 36.4 Å². The van der Waals surface area contributed by atoms with Gasteiger partial charge in [0.05, 0.1) is 6.61 Å². The number of carbonyl (C=O) groups is 2. The van der Waals surface area contributed by atoms with Crippen LogP contribution in [0, 0.1) is 23.4 Å². The molecule has 1 saturated heterocycles. The van der Waals surface area contributed by atoms with E-state index in [1.54, 1.807) is 18.2 Å². The van der Waals surface area contributed by atoms with E-state index in [4.69, 9.17) is 24.5 Å². The Kier molecular flexibility index (Phi) is 10.7. The van der Waals surface area contributed by atoms with Crippen LogP contribution in [-0.2, 0) is 9.59 Å². The average Bonchev–Trinajstić information content (AvgIpc) is 2.91.